The molecule has 0 spiro atoms. The van der Waals surface area contributed by atoms with Crippen LogP contribution in [0.5, 0.6) is 5.75 Å². The summed E-state index contributed by atoms with van der Waals surface area (Å²) in [6.07, 6.45) is 4.55. The van der Waals surface area contributed by atoms with Gasteiger partial charge in [0, 0.05) is 31.8 Å². The van der Waals surface area contributed by atoms with Crippen LogP contribution in [0.4, 0.5) is 8.78 Å². The lowest BCUT2D eigenvalue weighted by Gasteiger charge is -2.31. The Kier molecular flexibility index (Phi) is 6.80. The molecule has 1 amide bonds. The molecule has 2 saturated heterocycles. The molecule has 5 nitrogen and oxygen atoms in total. The number of piperidine rings is 1. The Morgan fingerprint density at radius 2 is 1.85 bits per heavy atom. The van der Waals surface area contributed by atoms with Gasteiger partial charge in [-0.2, -0.15) is 8.78 Å². The van der Waals surface area contributed by atoms with E-state index in [9.17, 15) is 13.6 Å². The van der Waals surface area contributed by atoms with Crippen LogP contribution in [0.1, 0.15) is 36.0 Å². The summed E-state index contributed by atoms with van der Waals surface area (Å²) >= 11 is 0. The fraction of sp³-hybridized carbons (Fsp3) is 0.632. The molecule has 144 valence electrons. The molecule has 2 aliphatic rings. The van der Waals surface area contributed by atoms with Crippen LogP contribution in [0.2, 0.25) is 0 Å². The number of carbonyl (C=O) groups is 1. The van der Waals surface area contributed by atoms with E-state index in [1.54, 1.807) is 0 Å². The first-order valence-electron chi connectivity index (χ1n) is 9.30. The van der Waals surface area contributed by atoms with Crippen molar-refractivity contribution in [3.63, 3.8) is 0 Å². The molecule has 0 aromatic heterocycles. The number of nitrogens with zero attached hydrogens (tertiary/aromatic N) is 2. The van der Waals surface area contributed by atoms with Crippen molar-refractivity contribution in [1.29, 1.82) is 0 Å². The summed E-state index contributed by atoms with van der Waals surface area (Å²) < 4.78 is 34.7. The van der Waals surface area contributed by atoms with Crippen LogP contribution in [0.25, 0.3) is 0 Å². The summed E-state index contributed by atoms with van der Waals surface area (Å²) in [5, 5.41) is 0. The normalized spacial score (nSPS) is 22.3. The Morgan fingerprint density at radius 3 is 2.54 bits per heavy atom. The first kappa shape index (κ1) is 19.0. The Hall–Kier alpha value is -1.73. The molecular formula is C19H26F2N2O3. The number of halogens is 2. The second-order valence-corrected chi connectivity index (χ2v) is 6.86. The van der Waals surface area contributed by atoms with Gasteiger partial charge < -0.3 is 19.3 Å². The number of benzene rings is 1. The third-order valence-corrected chi connectivity index (χ3v) is 4.87. The molecule has 26 heavy (non-hydrogen) atoms. The number of hydrogen-bond donors (Lipinski definition) is 0. The lowest BCUT2D eigenvalue weighted by atomic mass is 10.1. The van der Waals surface area contributed by atoms with E-state index in [1.165, 1.54) is 43.5 Å². The average molecular weight is 368 g/mol. The molecule has 2 fully saturated rings. The fourth-order valence-corrected chi connectivity index (χ4v) is 3.58. The van der Waals surface area contributed by atoms with E-state index in [1.807, 2.05) is 4.90 Å². The first-order valence-corrected chi connectivity index (χ1v) is 9.30. The van der Waals surface area contributed by atoms with Crippen molar-refractivity contribution in [1.82, 2.24) is 9.80 Å². The van der Waals surface area contributed by atoms with Crippen molar-refractivity contribution in [2.24, 2.45) is 0 Å². The highest BCUT2D eigenvalue weighted by Crippen LogP contribution is 2.18. The van der Waals surface area contributed by atoms with Crippen LogP contribution in [-0.4, -0.2) is 67.8 Å². The largest absolute Gasteiger partial charge is 0.435 e. The number of carbonyl (C=O) groups excluding carboxylic acids is 1. The highest BCUT2D eigenvalue weighted by atomic mass is 19.3. The molecule has 1 aromatic carbocycles. The van der Waals surface area contributed by atoms with E-state index in [4.69, 9.17) is 4.74 Å². The van der Waals surface area contributed by atoms with Gasteiger partial charge in [0.2, 0.25) is 0 Å². The Bertz CT molecular complexity index is 577. The van der Waals surface area contributed by atoms with Crippen LogP contribution < -0.4 is 4.74 Å². The van der Waals surface area contributed by atoms with Crippen LogP contribution >= 0.6 is 0 Å². The predicted octanol–water partition coefficient (Wildman–Crippen LogP) is 3.01. The third-order valence-electron chi connectivity index (χ3n) is 4.87. The van der Waals surface area contributed by atoms with Crippen LogP contribution in [0.3, 0.4) is 0 Å². The monoisotopic (exact) mass is 368 g/mol. The highest BCUT2D eigenvalue weighted by Gasteiger charge is 2.25. The van der Waals surface area contributed by atoms with Crippen molar-refractivity contribution in [3.05, 3.63) is 29.8 Å². The molecule has 2 heterocycles. The molecule has 0 bridgehead atoms. The summed E-state index contributed by atoms with van der Waals surface area (Å²) in [5.41, 5.74) is 0.477. The van der Waals surface area contributed by atoms with Gasteiger partial charge in [0.05, 0.1) is 6.10 Å². The molecule has 0 saturated carbocycles. The Morgan fingerprint density at radius 1 is 1.12 bits per heavy atom. The van der Waals surface area contributed by atoms with Crippen molar-refractivity contribution >= 4 is 5.91 Å². The van der Waals surface area contributed by atoms with E-state index in [0.29, 0.717) is 25.3 Å². The molecular weight excluding hydrogens is 342 g/mol. The quantitative estimate of drug-likeness (QED) is 0.801. The number of rotatable bonds is 5. The van der Waals surface area contributed by atoms with E-state index < -0.39 is 6.61 Å². The topological polar surface area (TPSA) is 42.0 Å². The summed E-state index contributed by atoms with van der Waals surface area (Å²) in [4.78, 5) is 17.0. The lowest BCUT2D eigenvalue weighted by Crippen LogP contribution is -2.43. The van der Waals surface area contributed by atoms with Crippen molar-refractivity contribution < 1.29 is 23.0 Å². The van der Waals surface area contributed by atoms with Crippen molar-refractivity contribution in [3.8, 4) is 5.75 Å². The van der Waals surface area contributed by atoms with E-state index >= 15 is 0 Å². The van der Waals surface area contributed by atoms with Gasteiger partial charge >= 0.3 is 6.61 Å². The molecule has 0 N–H and O–H groups in total. The van der Waals surface area contributed by atoms with Gasteiger partial charge in [0.25, 0.3) is 5.91 Å². The van der Waals surface area contributed by atoms with Crippen molar-refractivity contribution in [2.45, 2.75) is 38.4 Å². The minimum Gasteiger partial charge on any atom is -0.435 e. The Labute approximate surface area is 152 Å². The van der Waals surface area contributed by atoms with E-state index in [-0.39, 0.29) is 17.8 Å². The van der Waals surface area contributed by atoms with Crippen LogP contribution in [-0.2, 0) is 4.74 Å². The number of ether oxygens (including phenoxy) is 2. The SMILES string of the molecule is O=C(c1ccc(OC(F)F)cc1)N1CCCO[C@H](CN2CCCCC2)C1. The van der Waals surface area contributed by atoms with E-state index in [2.05, 4.69) is 9.64 Å². The van der Waals surface area contributed by atoms with Crippen LogP contribution in [0.15, 0.2) is 24.3 Å². The van der Waals surface area contributed by atoms with Crippen LogP contribution in [0, 0.1) is 0 Å². The Balaban J connectivity index is 1.59. The zero-order valence-electron chi connectivity index (χ0n) is 14.9. The fourth-order valence-electron chi connectivity index (χ4n) is 3.58. The standard InChI is InChI=1S/C19H26F2N2O3/c20-19(21)26-16-7-5-15(6-8-16)18(24)23-11-4-12-25-17(14-23)13-22-9-2-1-3-10-22/h5-8,17,19H,1-4,9-14H2/t17-/m1/s1. The highest BCUT2D eigenvalue weighted by molar-refractivity contribution is 5.94. The summed E-state index contributed by atoms with van der Waals surface area (Å²) in [5.74, 6) is -0.0403. The number of likely N-dealkylation sites (tertiary alicyclic amines) is 1. The lowest BCUT2D eigenvalue weighted by molar-refractivity contribution is -0.0498. The molecule has 2 aliphatic heterocycles. The average Bonchev–Trinajstić information content (AvgIpc) is 2.88. The summed E-state index contributed by atoms with van der Waals surface area (Å²) in [6.45, 7) is 2.04. The maximum atomic E-state index is 12.8. The maximum absolute atomic E-state index is 12.8. The predicted molar refractivity (Wildman–Crippen MR) is 93.6 cm³/mol. The minimum absolute atomic E-state index is 0.0148. The maximum Gasteiger partial charge on any atom is 0.387 e. The van der Waals surface area contributed by atoms with Gasteiger partial charge in [-0.15, -0.1) is 0 Å². The number of amides is 1. The van der Waals surface area contributed by atoms with E-state index in [0.717, 1.165) is 26.1 Å². The zero-order chi connectivity index (χ0) is 18.4. The molecule has 7 heteroatoms. The van der Waals surface area contributed by atoms with Gasteiger partial charge in [0.1, 0.15) is 5.75 Å². The smallest absolute Gasteiger partial charge is 0.387 e. The molecule has 0 radical (unpaired) electrons. The van der Waals surface area contributed by atoms with Gasteiger partial charge in [-0.05, 0) is 56.6 Å². The molecule has 1 aromatic rings. The number of alkyl halides is 2. The first-order chi connectivity index (χ1) is 12.6. The molecule has 0 aliphatic carbocycles. The second-order valence-electron chi connectivity index (χ2n) is 6.86. The zero-order valence-corrected chi connectivity index (χ0v) is 14.9. The number of hydrogen-bond acceptors (Lipinski definition) is 4. The van der Waals surface area contributed by atoms with Gasteiger partial charge in [-0.1, -0.05) is 6.42 Å². The molecule has 0 unspecified atom stereocenters. The summed E-state index contributed by atoms with van der Waals surface area (Å²) in [6, 6.07) is 5.87. The second kappa shape index (κ2) is 9.28. The minimum atomic E-state index is -2.87. The molecule has 1 atom stereocenters. The van der Waals surface area contributed by atoms with Gasteiger partial charge in [0.15, 0.2) is 0 Å². The molecule has 3 rings (SSSR count). The van der Waals surface area contributed by atoms with Gasteiger partial charge in [-0.25, -0.2) is 0 Å². The third kappa shape index (κ3) is 5.38. The van der Waals surface area contributed by atoms with Crippen molar-refractivity contribution in [2.75, 3.05) is 39.3 Å². The van der Waals surface area contributed by atoms with Gasteiger partial charge in [-0.3, -0.25) is 4.79 Å². The summed E-state index contributed by atoms with van der Waals surface area (Å²) in [7, 11) is 0.